The lowest BCUT2D eigenvalue weighted by Gasteiger charge is -2.16. The minimum atomic E-state index is -0.402. The van der Waals surface area contributed by atoms with Crippen LogP contribution in [0.3, 0.4) is 0 Å². The molecule has 2 aromatic carbocycles. The first-order chi connectivity index (χ1) is 11.5. The Morgan fingerprint density at radius 2 is 1.88 bits per heavy atom. The molecule has 0 spiro atoms. The number of ether oxygens (including phenoxy) is 1. The first-order valence-electron chi connectivity index (χ1n) is 8.14. The fourth-order valence-electron chi connectivity index (χ4n) is 2.91. The standard InChI is InChI=1S/C20H21NO3/c1-14-7-6-10-18(15(14)2)24-20(23)17-11-19(22)21(13-17)12-16-8-4-3-5-9-16/h3-10,17H,11-13H2,1-2H3/t17-/m1/s1. The normalized spacial score (nSPS) is 17.2. The SMILES string of the molecule is Cc1cccc(OC(=O)[C@@H]2CC(=O)N(Cc3ccccc3)C2)c1C. The van der Waals surface area contributed by atoms with E-state index in [-0.39, 0.29) is 18.3 Å². The second-order valence-corrected chi connectivity index (χ2v) is 6.28. The van der Waals surface area contributed by atoms with E-state index in [2.05, 4.69) is 0 Å². The Morgan fingerprint density at radius 3 is 2.62 bits per heavy atom. The van der Waals surface area contributed by atoms with Crippen LogP contribution in [0.2, 0.25) is 0 Å². The Bertz CT molecular complexity index is 755. The van der Waals surface area contributed by atoms with Crippen LogP contribution < -0.4 is 4.74 Å². The molecule has 1 atom stereocenters. The van der Waals surface area contributed by atoms with E-state index in [4.69, 9.17) is 4.74 Å². The highest BCUT2D eigenvalue weighted by atomic mass is 16.5. The van der Waals surface area contributed by atoms with Crippen molar-refractivity contribution in [1.29, 1.82) is 0 Å². The highest BCUT2D eigenvalue weighted by Gasteiger charge is 2.35. The van der Waals surface area contributed by atoms with Gasteiger partial charge in [-0.25, -0.2) is 0 Å². The molecule has 1 heterocycles. The molecule has 0 radical (unpaired) electrons. The summed E-state index contributed by atoms with van der Waals surface area (Å²) in [6.07, 6.45) is 0.219. The highest BCUT2D eigenvalue weighted by molar-refractivity contribution is 5.87. The zero-order chi connectivity index (χ0) is 17.1. The van der Waals surface area contributed by atoms with Gasteiger partial charge in [-0.3, -0.25) is 9.59 Å². The summed E-state index contributed by atoms with van der Waals surface area (Å²) in [6, 6.07) is 15.4. The van der Waals surface area contributed by atoms with Crippen LogP contribution in [-0.4, -0.2) is 23.3 Å². The van der Waals surface area contributed by atoms with Crippen LogP contribution in [0, 0.1) is 19.8 Å². The third-order valence-electron chi connectivity index (χ3n) is 4.53. The lowest BCUT2D eigenvalue weighted by atomic mass is 10.1. The van der Waals surface area contributed by atoms with Gasteiger partial charge < -0.3 is 9.64 Å². The molecule has 0 aromatic heterocycles. The summed E-state index contributed by atoms with van der Waals surface area (Å²) < 4.78 is 5.54. The fraction of sp³-hybridized carbons (Fsp3) is 0.300. The van der Waals surface area contributed by atoms with Gasteiger partial charge in [0.05, 0.1) is 5.92 Å². The number of carbonyl (C=O) groups is 2. The molecule has 1 fully saturated rings. The van der Waals surface area contributed by atoms with E-state index in [1.54, 1.807) is 11.0 Å². The number of aryl methyl sites for hydroxylation is 1. The van der Waals surface area contributed by atoms with Gasteiger partial charge in [-0.1, -0.05) is 42.5 Å². The minimum Gasteiger partial charge on any atom is -0.426 e. The number of rotatable bonds is 4. The predicted molar refractivity (Wildman–Crippen MR) is 91.5 cm³/mol. The van der Waals surface area contributed by atoms with E-state index in [1.807, 2.05) is 56.3 Å². The highest BCUT2D eigenvalue weighted by Crippen LogP contribution is 2.25. The van der Waals surface area contributed by atoms with Crippen molar-refractivity contribution < 1.29 is 14.3 Å². The number of amides is 1. The van der Waals surface area contributed by atoms with Gasteiger partial charge in [-0.15, -0.1) is 0 Å². The molecule has 0 aliphatic carbocycles. The van der Waals surface area contributed by atoms with Gasteiger partial charge in [0.15, 0.2) is 0 Å². The number of hydrogen-bond donors (Lipinski definition) is 0. The third-order valence-corrected chi connectivity index (χ3v) is 4.53. The zero-order valence-corrected chi connectivity index (χ0v) is 14.0. The number of esters is 1. The van der Waals surface area contributed by atoms with Crippen LogP contribution in [0.25, 0.3) is 0 Å². The Kier molecular flexibility index (Phi) is 4.65. The molecule has 4 heteroatoms. The summed E-state index contributed by atoms with van der Waals surface area (Å²) in [5, 5.41) is 0. The molecule has 0 N–H and O–H groups in total. The average molecular weight is 323 g/mol. The van der Waals surface area contributed by atoms with Crippen molar-refractivity contribution >= 4 is 11.9 Å². The summed E-state index contributed by atoms with van der Waals surface area (Å²) >= 11 is 0. The van der Waals surface area contributed by atoms with Crippen molar-refractivity contribution in [2.45, 2.75) is 26.8 Å². The molecular formula is C20H21NO3. The van der Waals surface area contributed by atoms with Crippen molar-refractivity contribution in [3.63, 3.8) is 0 Å². The van der Waals surface area contributed by atoms with E-state index in [9.17, 15) is 9.59 Å². The van der Waals surface area contributed by atoms with Crippen molar-refractivity contribution in [2.24, 2.45) is 5.92 Å². The number of carbonyl (C=O) groups excluding carboxylic acids is 2. The summed E-state index contributed by atoms with van der Waals surface area (Å²) in [4.78, 5) is 26.3. The van der Waals surface area contributed by atoms with Crippen molar-refractivity contribution in [1.82, 2.24) is 4.90 Å². The smallest absolute Gasteiger partial charge is 0.316 e. The van der Waals surface area contributed by atoms with Crippen LogP contribution in [0.5, 0.6) is 5.75 Å². The van der Waals surface area contributed by atoms with Gasteiger partial charge in [0.25, 0.3) is 0 Å². The van der Waals surface area contributed by atoms with E-state index in [0.29, 0.717) is 18.8 Å². The number of likely N-dealkylation sites (tertiary alicyclic amines) is 1. The monoisotopic (exact) mass is 323 g/mol. The Labute approximate surface area is 142 Å². The minimum absolute atomic E-state index is 0.00164. The first kappa shape index (κ1) is 16.2. The maximum Gasteiger partial charge on any atom is 0.316 e. The zero-order valence-electron chi connectivity index (χ0n) is 14.0. The lowest BCUT2D eigenvalue weighted by molar-refractivity contribution is -0.139. The van der Waals surface area contributed by atoms with E-state index in [1.165, 1.54) is 0 Å². The van der Waals surface area contributed by atoms with E-state index >= 15 is 0 Å². The van der Waals surface area contributed by atoms with Gasteiger partial charge in [0.2, 0.25) is 5.91 Å². The van der Waals surface area contributed by atoms with Crippen molar-refractivity contribution in [3.05, 3.63) is 65.2 Å². The Balaban J connectivity index is 1.64. The first-order valence-corrected chi connectivity index (χ1v) is 8.14. The second kappa shape index (κ2) is 6.87. The molecule has 4 nitrogen and oxygen atoms in total. The molecule has 2 aromatic rings. The topological polar surface area (TPSA) is 46.6 Å². The predicted octanol–water partition coefficient (Wildman–Crippen LogP) is 3.26. The lowest BCUT2D eigenvalue weighted by Crippen LogP contribution is -2.27. The van der Waals surface area contributed by atoms with Gasteiger partial charge >= 0.3 is 5.97 Å². The molecule has 1 amide bonds. The number of nitrogens with zero attached hydrogens (tertiary/aromatic N) is 1. The van der Waals surface area contributed by atoms with Gasteiger partial charge in [0, 0.05) is 19.5 Å². The van der Waals surface area contributed by atoms with Crippen LogP contribution in [0.1, 0.15) is 23.1 Å². The van der Waals surface area contributed by atoms with Crippen LogP contribution >= 0.6 is 0 Å². The summed E-state index contributed by atoms with van der Waals surface area (Å²) in [6.45, 7) is 4.86. The van der Waals surface area contributed by atoms with Crippen LogP contribution in [-0.2, 0) is 16.1 Å². The molecule has 3 rings (SSSR count). The maximum absolute atomic E-state index is 12.4. The van der Waals surface area contributed by atoms with E-state index < -0.39 is 5.92 Å². The van der Waals surface area contributed by atoms with E-state index in [0.717, 1.165) is 16.7 Å². The summed E-state index contributed by atoms with van der Waals surface area (Å²) in [5.41, 5.74) is 3.10. The average Bonchev–Trinajstić information content (AvgIpc) is 2.94. The second-order valence-electron chi connectivity index (χ2n) is 6.28. The molecule has 1 aliphatic heterocycles. The summed E-state index contributed by atoms with van der Waals surface area (Å²) in [7, 11) is 0. The quantitative estimate of drug-likeness (QED) is 0.641. The van der Waals surface area contributed by atoms with Gasteiger partial charge in [-0.05, 0) is 36.6 Å². The molecule has 1 saturated heterocycles. The molecule has 0 bridgehead atoms. The molecular weight excluding hydrogens is 302 g/mol. The van der Waals surface area contributed by atoms with Gasteiger partial charge in [0.1, 0.15) is 5.75 Å². The number of benzene rings is 2. The molecule has 1 aliphatic rings. The van der Waals surface area contributed by atoms with Crippen LogP contribution in [0.15, 0.2) is 48.5 Å². The maximum atomic E-state index is 12.4. The summed E-state index contributed by atoms with van der Waals surface area (Å²) in [5.74, 6) is -0.149. The molecule has 0 unspecified atom stereocenters. The fourth-order valence-corrected chi connectivity index (χ4v) is 2.91. The molecule has 24 heavy (non-hydrogen) atoms. The van der Waals surface area contributed by atoms with Crippen LogP contribution in [0.4, 0.5) is 0 Å². The third kappa shape index (κ3) is 3.48. The number of hydrogen-bond acceptors (Lipinski definition) is 3. The van der Waals surface area contributed by atoms with Crippen molar-refractivity contribution in [2.75, 3.05) is 6.54 Å². The van der Waals surface area contributed by atoms with Crippen molar-refractivity contribution in [3.8, 4) is 5.75 Å². The molecule has 0 saturated carbocycles. The molecule has 124 valence electrons. The largest absolute Gasteiger partial charge is 0.426 e. The van der Waals surface area contributed by atoms with Gasteiger partial charge in [-0.2, -0.15) is 0 Å². The Hall–Kier alpha value is -2.62. The Morgan fingerprint density at radius 1 is 1.12 bits per heavy atom.